The Hall–Kier alpha value is -2.53. The average molecular weight is 365 g/mol. The van der Waals surface area contributed by atoms with Crippen LogP contribution in [0.25, 0.3) is 0 Å². The lowest BCUT2D eigenvalue weighted by Crippen LogP contribution is -2.37. The molecule has 0 bridgehead atoms. The monoisotopic (exact) mass is 365 g/mol. The molecule has 0 radical (unpaired) electrons. The third-order valence-corrected chi connectivity index (χ3v) is 5.37. The number of carbonyl (C=O) groups is 1. The van der Waals surface area contributed by atoms with Crippen molar-refractivity contribution in [3.63, 3.8) is 0 Å². The number of hydrogen-bond donors (Lipinski definition) is 0. The van der Waals surface area contributed by atoms with Crippen molar-refractivity contribution in [2.75, 3.05) is 19.6 Å². The zero-order valence-corrected chi connectivity index (χ0v) is 15.6. The van der Waals surface area contributed by atoms with E-state index in [2.05, 4.69) is 10.0 Å². The van der Waals surface area contributed by atoms with Crippen molar-refractivity contribution in [2.24, 2.45) is 5.10 Å². The Morgan fingerprint density at radius 3 is 2.52 bits per heavy atom. The number of amides is 1. The van der Waals surface area contributed by atoms with E-state index in [1.807, 2.05) is 37.3 Å². The molecule has 1 saturated heterocycles. The fourth-order valence-electron chi connectivity index (χ4n) is 3.85. The van der Waals surface area contributed by atoms with Crippen LogP contribution in [0, 0.1) is 12.7 Å². The van der Waals surface area contributed by atoms with Crippen LogP contribution in [0.3, 0.4) is 0 Å². The predicted molar refractivity (Wildman–Crippen MR) is 104 cm³/mol. The molecule has 2 aromatic rings. The second-order valence-corrected chi connectivity index (χ2v) is 7.38. The van der Waals surface area contributed by atoms with Crippen molar-refractivity contribution >= 4 is 11.6 Å². The molecular formula is C22H24FN3O. The molecular weight excluding hydrogens is 341 g/mol. The molecule has 140 valence electrons. The van der Waals surface area contributed by atoms with Gasteiger partial charge in [-0.1, -0.05) is 48.0 Å². The molecule has 2 aromatic carbocycles. The van der Waals surface area contributed by atoms with Gasteiger partial charge >= 0.3 is 0 Å². The highest BCUT2D eigenvalue weighted by atomic mass is 19.1. The zero-order valence-electron chi connectivity index (χ0n) is 15.6. The summed E-state index contributed by atoms with van der Waals surface area (Å²) in [6, 6.07) is 14.4. The topological polar surface area (TPSA) is 35.9 Å². The second-order valence-electron chi connectivity index (χ2n) is 7.38. The maximum atomic E-state index is 14.5. The minimum Gasteiger partial charge on any atom is -0.294 e. The van der Waals surface area contributed by atoms with Gasteiger partial charge in [-0.05, 0) is 44.5 Å². The van der Waals surface area contributed by atoms with E-state index in [1.165, 1.54) is 16.6 Å². The number of carbonyl (C=O) groups excluding carboxylic acids is 1. The van der Waals surface area contributed by atoms with Gasteiger partial charge in [-0.15, -0.1) is 0 Å². The summed E-state index contributed by atoms with van der Waals surface area (Å²) in [6.07, 6.45) is 2.78. The maximum Gasteiger partial charge on any atom is 0.257 e. The molecule has 5 heteroatoms. The van der Waals surface area contributed by atoms with Gasteiger partial charge in [0.1, 0.15) is 5.82 Å². The van der Waals surface area contributed by atoms with E-state index < -0.39 is 6.04 Å². The van der Waals surface area contributed by atoms with Gasteiger partial charge in [0.05, 0.1) is 18.3 Å². The summed E-state index contributed by atoms with van der Waals surface area (Å²) in [6.45, 7) is 4.26. The molecule has 2 aliphatic rings. The summed E-state index contributed by atoms with van der Waals surface area (Å²) in [7, 11) is 0. The van der Waals surface area contributed by atoms with Crippen LogP contribution >= 0.6 is 0 Å². The number of benzene rings is 2. The molecule has 4 nitrogen and oxygen atoms in total. The van der Waals surface area contributed by atoms with Gasteiger partial charge in [0.2, 0.25) is 0 Å². The predicted octanol–water partition coefficient (Wildman–Crippen LogP) is 3.91. The van der Waals surface area contributed by atoms with Crippen molar-refractivity contribution in [1.82, 2.24) is 9.91 Å². The molecule has 27 heavy (non-hydrogen) atoms. The molecule has 4 rings (SSSR count). The number of aryl methyl sites for hydroxylation is 1. The van der Waals surface area contributed by atoms with Crippen LogP contribution in [0.5, 0.6) is 0 Å². The highest BCUT2D eigenvalue weighted by molar-refractivity contribution is 6.03. The number of rotatable bonds is 4. The van der Waals surface area contributed by atoms with Crippen LogP contribution in [0.1, 0.15) is 42.0 Å². The molecule has 1 amide bonds. The Kier molecular flexibility index (Phi) is 5.03. The van der Waals surface area contributed by atoms with Crippen molar-refractivity contribution in [3.05, 3.63) is 71.0 Å². The van der Waals surface area contributed by atoms with Crippen LogP contribution in [0.2, 0.25) is 0 Å². The first-order valence-corrected chi connectivity index (χ1v) is 9.55. The summed E-state index contributed by atoms with van der Waals surface area (Å²) >= 11 is 0. The largest absolute Gasteiger partial charge is 0.294 e. The Morgan fingerprint density at radius 2 is 1.81 bits per heavy atom. The first-order valence-electron chi connectivity index (χ1n) is 9.55. The third kappa shape index (κ3) is 3.78. The molecule has 0 aromatic heterocycles. The summed E-state index contributed by atoms with van der Waals surface area (Å²) in [5, 5.41) is 6.14. The van der Waals surface area contributed by atoms with Crippen molar-refractivity contribution in [2.45, 2.75) is 32.2 Å². The summed E-state index contributed by atoms with van der Waals surface area (Å²) in [4.78, 5) is 15.1. The molecule has 0 N–H and O–H groups in total. The van der Waals surface area contributed by atoms with E-state index in [4.69, 9.17) is 0 Å². The Morgan fingerprint density at radius 1 is 1.11 bits per heavy atom. The highest BCUT2D eigenvalue weighted by Gasteiger charge is 2.35. The molecule has 2 aliphatic heterocycles. The van der Waals surface area contributed by atoms with Gasteiger partial charge in [0.15, 0.2) is 0 Å². The van der Waals surface area contributed by atoms with E-state index in [-0.39, 0.29) is 11.7 Å². The molecule has 0 aliphatic carbocycles. The molecule has 2 heterocycles. The first-order chi connectivity index (χ1) is 13.1. The van der Waals surface area contributed by atoms with Crippen LogP contribution in [0.15, 0.2) is 53.6 Å². The molecule has 0 saturated carbocycles. The average Bonchev–Trinajstić information content (AvgIpc) is 3.32. The van der Waals surface area contributed by atoms with Crippen molar-refractivity contribution in [1.29, 1.82) is 0 Å². The fourth-order valence-corrected chi connectivity index (χ4v) is 3.85. The van der Waals surface area contributed by atoms with E-state index in [1.54, 1.807) is 12.1 Å². The van der Waals surface area contributed by atoms with Gasteiger partial charge < -0.3 is 0 Å². The Labute approximate surface area is 159 Å². The molecule has 1 atom stereocenters. The summed E-state index contributed by atoms with van der Waals surface area (Å²) < 4.78 is 14.5. The van der Waals surface area contributed by atoms with Gasteiger partial charge in [-0.2, -0.15) is 5.10 Å². The Balaban J connectivity index is 1.64. The quantitative estimate of drug-likeness (QED) is 0.824. The van der Waals surface area contributed by atoms with Gasteiger partial charge in [-0.25, -0.2) is 9.40 Å². The fraction of sp³-hybridized carbons (Fsp3) is 0.364. The van der Waals surface area contributed by atoms with Gasteiger partial charge in [0, 0.05) is 12.0 Å². The van der Waals surface area contributed by atoms with Crippen LogP contribution < -0.4 is 0 Å². The number of halogens is 1. The minimum atomic E-state index is -0.391. The lowest BCUT2D eigenvalue weighted by molar-refractivity contribution is -0.134. The standard InChI is InChI=1S/C22H24FN3O/c1-16-8-10-17(11-9-16)20-14-21(18-6-2-3-7-19(18)23)26(24-20)22(27)15-25-12-4-5-13-25/h2-3,6-11,21H,4-5,12-15H2,1H3. The Bertz CT molecular complexity index is 856. The van der Waals surface area contributed by atoms with E-state index in [9.17, 15) is 9.18 Å². The highest BCUT2D eigenvalue weighted by Crippen LogP contribution is 2.34. The summed E-state index contributed by atoms with van der Waals surface area (Å²) in [5.41, 5.74) is 3.51. The molecule has 0 spiro atoms. The van der Waals surface area contributed by atoms with Crippen molar-refractivity contribution in [3.8, 4) is 0 Å². The molecule has 1 fully saturated rings. The maximum absolute atomic E-state index is 14.5. The minimum absolute atomic E-state index is 0.0627. The number of hydrazone groups is 1. The van der Waals surface area contributed by atoms with Crippen LogP contribution in [0.4, 0.5) is 4.39 Å². The lowest BCUT2D eigenvalue weighted by atomic mass is 9.97. The van der Waals surface area contributed by atoms with E-state index in [0.29, 0.717) is 18.5 Å². The van der Waals surface area contributed by atoms with Gasteiger partial charge in [0.25, 0.3) is 5.91 Å². The normalized spacial score (nSPS) is 20.1. The van der Waals surface area contributed by atoms with E-state index >= 15 is 0 Å². The van der Waals surface area contributed by atoms with Crippen molar-refractivity contribution < 1.29 is 9.18 Å². The van der Waals surface area contributed by atoms with Crippen LogP contribution in [-0.2, 0) is 4.79 Å². The van der Waals surface area contributed by atoms with Crippen LogP contribution in [-0.4, -0.2) is 41.2 Å². The summed E-state index contributed by atoms with van der Waals surface area (Å²) in [5.74, 6) is -0.353. The second kappa shape index (κ2) is 7.61. The third-order valence-electron chi connectivity index (χ3n) is 5.37. The number of likely N-dealkylation sites (tertiary alicyclic amines) is 1. The number of hydrogen-bond acceptors (Lipinski definition) is 3. The molecule has 1 unspecified atom stereocenters. The first kappa shape index (κ1) is 17.9. The van der Waals surface area contributed by atoms with Gasteiger partial charge in [-0.3, -0.25) is 9.69 Å². The zero-order chi connectivity index (χ0) is 18.8. The SMILES string of the molecule is Cc1ccc(C2=NN(C(=O)CN3CCCC3)C(c3ccccc3F)C2)cc1. The smallest absolute Gasteiger partial charge is 0.257 e. The lowest BCUT2D eigenvalue weighted by Gasteiger charge is -2.24. The number of nitrogens with zero attached hydrogens (tertiary/aromatic N) is 3. The van der Waals surface area contributed by atoms with E-state index in [0.717, 1.165) is 37.2 Å².